The van der Waals surface area contributed by atoms with Crippen LogP contribution in [0.5, 0.6) is 0 Å². The zero-order valence-corrected chi connectivity index (χ0v) is 9.02. The quantitative estimate of drug-likeness (QED) is 0.785. The lowest BCUT2D eigenvalue weighted by molar-refractivity contribution is 0.0662. The molecule has 0 fully saturated rings. The lowest BCUT2D eigenvalue weighted by Crippen LogP contribution is -2.36. The fraction of sp³-hybridized carbons (Fsp3) is 0.500. The third kappa shape index (κ3) is 3.28. The highest BCUT2D eigenvalue weighted by atomic mass is 16.4. The molecule has 1 aromatic rings. The maximum atomic E-state index is 10.6. The molecule has 0 radical (unpaired) electrons. The normalized spacial score (nSPS) is 11.5. The molecule has 2 N–H and O–H groups in total. The van der Waals surface area contributed by atoms with Gasteiger partial charge in [0.2, 0.25) is 5.76 Å². The molecule has 0 saturated heterocycles. The van der Waals surface area contributed by atoms with Crippen LogP contribution in [0.2, 0.25) is 0 Å². The second-order valence-corrected chi connectivity index (χ2v) is 4.11. The van der Waals surface area contributed by atoms with E-state index in [1.165, 1.54) is 6.07 Å². The Bertz CT molecular complexity index is 351. The van der Waals surface area contributed by atoms with Gasteiger partial charge in [0.15, 0.2) is 5.88 Å². The Hall–Kier alpha value is -1.49. The summed E-state index contributed by atoms with van der Waals surface area (Å²) in [5.74, 6) is -0.778. The van der Waals surface area contributed by atoms with Crippen molar-refractivity contribution in [2.75, 3.05) is 18.5 Å². The summed E-state index contributed by atoms with van der Waals surface area (Å²) in [4.78, 5) is 12.2. The number of aromatic carboxylic acids is 1. The Morgan fingerprint density at radius 2 is 2.13 bits per heavy atom. The zero-order chi connectivity index (χ0) is 11.6. The second-order valence-electron chi connectivity index (χ2n) is 4.11. The molecular weight excluding hydrogens is 198 g/mol. The topological polar surface area (TPSA) is 73.9 Å². The summed E-state index contributed by atoms with van der Waals surface area (Å²) in [5, 5.41) is 18.2. The van der Waals surface area contributed by atoms with Gasteiger partial charge in [-0.25, -0.2) is 4.79 Å². The summed E-state index contributed by atoms with van der Waals surface area (Å²) >= 11 is 0. The summed E-state index contributed by atoms with van der Waals surface area (Å²) in [5.41, 5.74) is -0.856. The number of likely N-dealkylation sites (N-methyl/N-ethyl adjacent to an activating group) is 1. The van der Waals surface area contributed by atoms with Gasteiger partial charge in [-0.15, -0.1) is 0 Å². The standard InChI is InChI=1S/C10H15NO4/c1-10(2,14)6-11(3)8-5-4-7(15-8)9(12)13/h4-5,14H,6H2,1-3H3,(H,12,13). The minimum Gasteiger partial charge on any atom is -0.475 e. The minimum atomic E-state index is -1.10. The van der Waals surface area contributed by atoms with E-state index in [1.54, 1.807) is 31.9 Å². The maximum Gasteiger partial charge on any atom is 0.371 e. The number of furan rings is 1. The summed E-state index contributed by atoms with van der Waals surface area (Å²) < 4.78 is 5.07. The van der Waals surface area contributed by atoms with Crippen molar-refractivity contribution in [2.45, 2.75) is 19.4 Å². The zero-order valence-electron chi connectivity index (χ0n) is 9.02. The van der Waals surface area contributed by atoms with Gasteiger partial charge in [0.25, 0.3) is 0 Å². The molecule has 0 aliphatic heterocycles. The predicted molar refractivity (Wildman–Crippen MR) is 55.2 cm³/mol. The van der Waals surface area contributed by atoms with E-state index in [1.807, 2.05) is 0 Å². The van der Waals surface area contributed by atoms with Gasteiger partial charge >= 0.3 is 5.97 Å². The van der Waals surface area contributed by atoms with Crippen molar-refractivity contribution in [3.05, 3.63) is 17.9 Å². The van der Waals surface area contributed by atoms with Crippen LogP contribution in [0.15, 0.2) is 16.5 Å². The molecule has 0 spiro atoms. The number of hydrogen-bond acceptors (Lipinski definition) is 4. The summed E-state index contributed by atoms with van der Waals surface area (Å²) in [6.07, 6.45) is 0. The molecule has 0 saturated carbocycles. The van der Waals surface area contributed by atoms with Gasteiger partial charge < -0.3 is 19.5 Å². The van der Waals surface area contributed by atoms with Crippen LogP contribution in [0.25, 0.3) is 0 Å². The van der Waals surface area contributed by atoms with Crippen LogP contribution in [0.1, 0.15) is 24.4 Å². The number of anilines is 1. The Balaban J connectivity index is 2.74. The number of carboxylic acids is 1. The Labute approximate surface area is 87.9 Å². The van der Waals surface area contributed by atoms with Crippen molar-refractivity contribution in [3.8, 4) is 0 Å². The first-order valence-corrected chi connectivity index (χ1v) is 4.56. The van der Waals surface area contributed by atoms with Crippen LogP contribution in [0.4, 0.5) is 5.88 Å². The molecule has 15 heavy (non-hydrogen) atoms. The average Bonchev–Trinajstić information content (AvgIpc) is 2.47. The second kappa shape index (κ2) is 3.94. The van der Waals surface area contributed by atoms with Crippen molar-refractivity contribution in [1.82, 2.24) is 0 Å². The van der Waals surface area contributed by atoms with Gasteiger partial charge in [-0.05, 0) is 19.9 Å². The fourth-order valence-electron chi connectivity index (χ4n) is 1.31. The van der Waals surface area contributed by atoms with Crippen molar-refractivity contribution in [3.63, 3.8) is 0 Å². The van der Waals surface area contributed by atoms with Crippen LogP contribution in [0, 0.1) is 0 Å². The van der Waals surface area contributed by atoms with Crippen LogP contribution in [-0.4, -0.2) is 35.4 Å². The summed E-state index contributed by atoms with van der Waals surface area (Å²) in [6.45, 7) is 3.70. The van der Waals surface area contributed by atoms with Crippen molar-refractivity contribution in [1.29, 1.82) is 0 Å². The van der Waals surface area contributed by atoms with E-state index in [-0.39, 0.29) is 5.76 Å². The number of aliphatic hydroxyl groups is 1. The molecule has 1 rings (SSSR count). The SMILES string of the molecule is CN(CC(C)(C)O)c1ccc(C(=O)O)o1. The monoisotopic (exact) mass is 213 g/mol. The van der Waals surface area contributed by atoms with E-state index in [2.05, 4.69) is 0 Å². The van der Waals surface area contributed by atoms with E-state index in [0.29, 0.717) is 12.4 Å². The molecule has 84 valence electrons. The van der Waals surface area contributed by atoms with Gasteiger partial charge in [-0.1, -0.05) is 0 Å². The van der Waals surface area contributed by atoms with Gasteiger partial charge in [-0.3, -0.25) is 0 Å². The highest BCUT2D eigenvalue weighted by Crippen LogP contribution is 2.19. The molecule has 0 amide bonds. The van der Waals surface area contributed by atoms with Gasteiger partial charge in [-0.2, -0.15) is 0 Å². The molecule has 0 bridgehead atoms. The Morgan fingerprint density at radius 1 is 1.53 bits per heavy atom. The molecule has 0 aliphatic carbocycles. The lowest BCUT2D eigenvalue weighted by Gasteiger charge is -2.24. The molecule has 0 atom stereocenters. The molecule has 0 unspecified atom stereocenters. The molecule has 0 aromatic carbocycles. The third-order valence-electron chi connectivity index (χ3n) is 1.80. The first kappa shape index (κ1) is 11.6. The molecule has 5 heteroatoms. The predicted octanol–water partition coefficient (Wildman–Crippen LogP) is 1.18. The van der Waals surface area contributed by atoms with E-state index >= 15 is 0 Å². The Morgan fingerprint density at radius 3 is 2.53 bits per heavy atom. The minimum absolute atomic E-state index is 0.104. The number of nitrogens with zero attached hydrogens (tertiary/aromatic N) is 1. The van der Waals surface area contributed by atoms with Gasteiger partial charge in [0, 0.05) is 19.7 Å². The van der Waals surface area contributed by atoms with Crippen LogP contribution < -0.4 is 4.90 Å². The number of carboxylic acid groups (broad SMARTS) is 1. The first-order chi connectivity index (χ1) is 6.79. The number of hydrogen-bond donors (Lipinski definition) is 2. The third-order valence-corrected chi connectivity index (χ3v) is 1.80. The Kier molecular flexibility index (Phi) is 3.04. The van der Waals surface area contributed by atoms with Crippen LogP contribution in [-0.2, 0) is 0 Å². The molecule has 1 aromatic heterocycles. The molecule has 0 aliphatic rings. The lowest BCUT2D eigenvalue weighted by atomic mass is 10.1. The van der Waals surface area contributed by atoms with Crippen molar-refractivity contribution >= 4 is 11.9 Å². The van der Waals surface area contributed by atoms with E-state index in [0.717, 1.165) is 0 Å². The highest BCUT2D eigenvalue weighted by Gasteiger charge is 2.18. The maximum absolute atomic E-state index is 10.6. The summed E-state index contributed by atoms with van der Waals surface area (Å²) in [7, 11) is 1.72. The molecule has 1 heterocycles. The van der Waals surface area contributed by atoms with E-state index in [4.69, 9.17) is 9.52 Å². The van der Waals surface area contributed by atoms with Crippen molar-refractivity contribution < 1.29 is 19.4 Å². The largest absolute Gasteiger partial charge is 0.475 e. The number of rotatable bonds is 4. The fourth-order valence-corrected chi connectivity index (χ4v) is 1.31. The van der Waals surface area contributed by atoms with Gasteiger partial charge in [0.05, 0.1) is 5.60 Å². The first-order valence-electron chi connectivity index (χ1n) is 4.56. The molecule has 5 nitrogen and oxygen atoms in total. The van der Waals surface area contributed by atoms with E-state index < -0.39 is 11.6 Å². The van der Waals surface area contributed by atoms with E-state index in [9.17, 15) is 9.90 Å². The number of carbonyl (C=O) groups is 1. The average molecular weight is 213 g/mol. The van der Waals surface area contributed by atoms with Crippen molar-refractivity contribution in [2.24, 2.45) is 0 Å². The summed E-state index contributed by atoms with van der Waals surface area (Å²) in [6, 6.07) is 2.95. The highest BCUT2D eigenvalue weighted by molar-refractivity contribution is 5.84. The van der Waals surface area contributed by atoms with Gasteiger partial charge in [0.1, 0.15) is 0 Å². The molecular formula is C10H15NO4. The smallest absolute Gasteiger partial charge is 0.371 e. The van der Waals surface area contributed by atoms with Crippen LogP contribution >= 0.6 is 0 Å². The van der Waals surface area contributed by atoms with Crippen LogP contribution in [0.3, 0.4) is 0 Å².